The van der Waals surface area contributed by atoms with Crippen LogP contribution in [-0.2, 0) is 25.6 Å². The summed E-state index contributed by atoms with van der Waals surface area (Å²) in [6, 6.07) is 11.7. The van der Waals surface area contributed by atoms with Crippen LogP contribution in [-0.4, -0.2) is 48.1 Å². The van der Waals surface area contributed by atoms with Gasteiger partial charge in [-0.05, 0) is 48.2 Å². The first-order valence-electron chi connectivity index (χ1n) is 10.9. The average Bonchev–Trinajstić information content (AvgIpc) is 3.41. The van der Waals surface area contributed by atoms with Crippen molar-refractivity contribution in [3.63, 3.8) is 0 Å². The van der Waals surface area contributed by atoms with Gasteiger partial charge in [-0.2, -0.15) is 0 Å². The molecule has 8 nitrogen and oxygen atoms in total. The molecule has 2 aromatic rings. The fourth-order valence-electron chi connectivity index (χ4n) is 4.13. The molecule has 0 saturated carbocycles. The molecule has 2 aromatic carbocycles. The standard InChI is InChI=1S/C24H26FN3O5/c1-15(29)27-19-9-7-17(8-10-19)22-21(23(30)26-13-20-6-3-11-32-20)28(24(31)33-22)14-16-4-2-5-18(25)12-16/h2,4-5,7-10,12,20-22H,3,6,11,13-14H2,1H3,(H,26,30)(H,27,29)/t20-,21+,22+/m1/s1. The van der Waals surface area contributed by atoms with Crippen molar-refractivity contribution in [2.75, 3.05) is 18.5 Å². The van der Waals surface area contributed by atoms with Gasteiger partial charge in [-0.15, -0.1) is 0 Å². The van der Waals surface area contributed by atoms with E-state index in [4.69, 9.17) is 9.47 Å². The van der Waals surface area contributed by atoms with E-state index in [0.717, 1.165) is 12.8 Å². The zero-order valence-electron chi connectivity index (χ0n) is 18.3. The van der Waals surface area contributed by atoms with E-state index in [1.54, 1.807) is 36.4 Å². The van der Waals surface area contributed by atoms with Crippen LogP contribution < -0.4 is 10.6 Å². The molecule has 0 bridgehead atoms. The molecule has 0 aliphatic carbocycles. The Bertz CT molecular complexity index is 1020. The molecule has 9 heteroatoms. The van der Waals surface area contributed by atoms with Crippen LogP contribution in [0.3, 0.4) is 0 Å². The minimum atomic E-state index is -0.950. The number of benzene rings is 2. The van der Waals surface area contributed by atoms with E-state index in [1.807, 2.05) is 0 Å². The predicted octanol–water partition coefficient (Wildman–Crippen LogP) is 3.14. The van der Waals surface area contributed by atoms with Gasteiger partial charge in [0.25, 0.3) is 0 Å². The molecule has 0 spiro atoms. The topological polar surface area (TPSA) is 97.0 Å². The van der Waals surface area contributed by atoms with Gasteiger partial charge in [0.05, 0.1) is 12.6 Å². The number of carbonyl (C=O) groups excluding carboxylic acids is 3. The number of carbonyl (C=O) groups is 3. The van der Waals surface area contributed by atoms with Gasteiger partial charge in [0.2, 0.25) is 11.8 Å². The molecule has 3 atom stereocenters. The molecule has 2 aliphatic heterocycles. The van der Waals surface area contributed by atoms with Crippen LogP contribution in [0.1, 0.15) is 37.0 Å². The van der Waals surface area contributed by atoms with Gasteiger partial charge >= 0.3 is 6.09 Å². The molecule has 0 unspecified atom stereocenters. The zero-order valence-corrected chi connectivity index (χ0v) is 18.3. The summed E-state index contributed by atoms with van der Waals surface area (Å²) in [5.74, 6) is -1.00. The number of amides is 3. The van der Waals surface area contributed by atoms with E-state index in [1.165, 1.54) is 24.0 Å². The van der Waals surface area contributed by atoms with Crippen molar-refractivity contribution >= 4 is 23.6 Å². The maximum absolute atomic E-state index is 13.7. The predicted molar refractivity (Wildman–Crippen MR) is 118 cm³/mol. The maximum Gasteiger partial charge on any atom is 0.411 e. The van der Waals surface area contributed by atoms with Crippen molar-refractivity contribution in [1.29, 1.82) is 0 Å². The third-order valence-electron chi connectivity index (χ3n) is 5.68. The highest BCUT2D eigenvalue weighted by Gasteiger charge is 2.47. The summed E-state index contributed by atoms with van der Waals surface area (Å²) in [5.41, 5.74) is 1.74. The van der Waals surface area contributed by atoms with E-state index in [0.29, 0.717) is 30.0 Å². The molecule has 0 aromatic heterocycles. The monoisotopic (exact) mass is 455 g/mol. The fourth-order valence-corrected chi connectivity index (χ4v) is 4.13. The first-order valence-corrected chi connectivity index (χ1v) is 10.9. The second kappa shape index (κ2) is 9.99. The van der Waals surface area contributed by atoms with Crippen LogP contribution >= 0.6 is 0 Å². The quantitative estimate of drug-likeness (QED) is 0.669. The van der Waals surface area contributed by atoms with Gasteiger partial charge in [-0.3, -0.25) is 14.5 Å². The molecule has 3 amide bonds. The van der Waals surface area contributed by atoms with Gasteiger partial charge in [-0.25, -0.2) is 9.18 Å². The maximum atomic E-state index is 13.7. The van der Waals surface area contributed by atoms with Crippen molar-refractivity contribution in [3.8, 4) is 0 Å². The van der Waals surface area contributed by atoms with Crippen molar-refractivity contribution in [2.24, 2.45) is 0 Å². The number of rotatable bonds is 7. The lowest BCUT2D eigenvalue weighted by Crippen LogP contribution is -2.47. The highest BCUT2D eigenvalue weighted by atomic mass is 19.1. The molecule has 2 heterocycles. The summed E-state index contributed by atoms with van der Waals surface area (Å²) >= 11 is 0. The number of anilines is 1. The van der Waals surface area contributed by atoms with E-state index >= 15 is 0 Å². The molecular formula is C24H26FN3O5. The Kier molecular flexibility index (Phi) is 6.88. The molecule has 2 aliphatic rings. The highest BCUT2D eigenvalue weighted by molar-refractivity contribution is 5.90. The molecule has 33 heavy (non-hydrogen) atoms. The Hall–Kier alpha value is -3.46. The first-order chi connectivity index (χ1) is 15.9. The molecule has 4 rings (SSSR count). The normalized spacial score (nSPS) is 22.2. The summed E-state index contributed by atoms with van der Waals surface area (Å²) in [4.78, 5) is 38.6. The van der Waals surface area contributed by atoms with E-state index < -0.39 is 24.1 Å². The lowest BCUT2D eigenvalue weighted by Gasteiger charge is -2.25. The Morgan fingerprint density at radius 2 is 1.97 bits per heavy atom. The number of ether oxygens (including phenoxy) is 2. The third-order valence-corrected chi connectivity index (χ3v) is 5.68. The number of halogens is 1. The second-order valence-corrected chi connectivity index (χ2v) is 8.19. The molecule has 2 fully saturated rings. The number of nitrogens with one attached hydrogen (secondary N) is 2. The van der Waals surface area contributed by atoms with Gasteiger partial charge in [0, 0.05) is 25.8 Å². The highest BCUT2D eigenvalue weighted by Crippen LogP contribution is 2.34. The van der Waals surface area contributed by atoms with E-state index in [9.17, 15) is 18.8 Å². The van der Waals surface area contributed by atoms with Crippen LogP contribution in [0.2, 0.25) is 0 Å². The van der Waals surface area contributed by atoms with Crippen molar-refractivity contribution in [3.05, 3.63) is 65.5 Å². The summed E-state index contributed by atoms with van der Waals surface area (Å²) < 4.78 is 24.9. The summed E-state index contributed by atoms with van der Waals surface area (Å²) in [6.45, 7) is 2.44. The Morgan fingerprint density at radius 1 is 1.18 bits per heavy atom. The van der Waals surface area contributed by atoms with Crippen LogP contribution in [0.25, 0.3) is 0 Å². The Labute approximate surface area is 191 Å². The van der Waals surface area contributed by atoms with Crippen molar-refractivity contribution in [1.82, 2.24) is 10.2 Å². The van der Waals surface area contributed by atoms with Crippen LogP contribution in [0.15, 0.2) is 48.5 Å². The van der Waals surface area contributed by atoms with Gasteiger partial charge < -0.3 is 20.1 Å². The number of cyclic esters (lactones) is 1. The Morgan fingerprint density at radius 3 is 2.64 bits per heavy atom. The summed E-state index contributed by atoms with van der Waals surface area (Å²) in [5, 5.41) is 5.56. The number of hydrogen-bond donors (Lipinski definition) is 2. The molecule has 0 radical (unpaired) electrons. The van der Waals surface area contributed by atoms with Crippen LogP contribution in [0, 0.1) is 5.82 Å². The van der Waals surface area contributed by atoms with Crippen LogP contribution in [0.5, 0.6) is 0 Å². The lowest BCUT2D eigenvalue weighted by atomic mass is 10.00. The number of hydrogen-bond acceptors (Lipinski definition) is 5. The SMILES string of the molecule is CC(=O)Nc1ccc([C@@H]2OC(=O)N(Cc3cccc(F)c3)[C@@H]2C(=O)NC[C@H]2CCCO2)cc1. The molecule has 174 valence electrons. The van der Waals surface area contributed by atoms with Gasteiger partial charge in [0.15, 0.2) is 12.1 Å². The van der Waals surface area contributed by atoms with Gasteiger partial charge in [0.1, 0.15) is 5.82 Å². The average molecular weight is 455 g/mol. The van der Waals surface area contributed by atoms with E-state index in [2.05, 4.69) is 10.6 Å². The largest absolute Gasteiger partial charge is 0.438 e. The first kappa shape index (κ1) is 22.7. The number of nitrogens with zero attached hydrogens (tertiary/aromatic N) is 1. The van der Waals surface area contributed by atoms with Gasteiger partial charge in [-0.1, -0.05) is 24.3 Å². The minimum absolute atomic E-state index is 0.0229. The summed E-state index contributed by atoms with van der Waals surface area (Å²) in [7, 11) is 0. The molecular weight excluding hydrogens is 429 g/mol. The molecule has 2 N–H and O–H groups in total. The molecule has 2 saturated heterocycles. The zero-order chi connectivity index (χ0) is 23.4. The van der Waals surface area contributed by atoms with Crippen LogP contribution in [0.4, 0.5) is 14.9 Å². The van der Waals surface area contributed by atoms with Crippen molar-refractivity contribution in [2.45, 2.75) is 44.6 Å². The fraction of sp³-hybridized carbons (Fsp3) is 0.375. The second-order valence-electron chi connectivity index (χ2n) is 8.19. The minimum Gasteiger partial charge on any atom is -0.438 e. The van der Waals surface area contributed by atoms with Crippen molar-refractivity contribution < 1.29 is 28.2 Å². The third kappa shape index (κ3) is 5.48. The summed E-state index contributed by atoms with van der Waals surface area (Å²) in [6.07, 6.45) is 0.232. The Balaban J connectivity index is 1.57. The van der Waals surface area contributed by atoms with E-state index in [-0.39, 0.29) is 24.5 Å². The lowest BCUT2D eigenvalue weighted by molar-refractivity contribution is -0.126. The smallest absolute Gasteiger partial charge is 0.411 e.